The molecule has 130 valence electrons. The highest BCUT2D eigenvalue weighted by atomic mass is 32.2. The number of nitrogens with zero attached hydrogens (tertiary/aromatic N) is 1. The molecule has 0 radical (unpaired) electrons. The van der Waals surface area contributed by atoms with Gasteiger partial charge in [0.1, 0.15) is 12.3 Å². The van der Waals surface area contributed by atoms with Crippen molar-refractivity contribution in [3.63, 3.8) is 0 Å². The monoisotopic (exact) mass is 343 g/mol. The average Bonchev–Trinajstić information content (AvgIpc) is 2.42. The first kappa shape index (κ1) is 19.4. The molecule has 0 aromatic heterocycles. The second-order valence-electron chi connectivity index (χ2n) is 6.05. The first-order chi connectivity index (χ1) is 10.5. The molecule has 0 aliphatic rings. The van der Waals surface area contributed by atoms with Crippen molar-refractivity contribution in [2.45, 2.75) is 51.5 Å². The number of carboxylic acids is 1. The van der Waals surface area contributed by atoms with E-state index in [9.17, 15) is 13.2 Å². The number of rotatable bonds is 7. The van der Waals surface area contributed by atoms with E-state index < -0.39 is 28.6 Å². The topological polar surface area (TPSA) is 83.9 Å². The van der Waals surface area contributed by atoms with Crippen LogP contribution in [0.5, 0.6) is 5.75 Å². The van der Waals surface area contributed by atoms with Crippen LogP contribution in [0.25, 0.3) is 0 Å². The van der Waals surface area contributed by atoms with E-state index >= 15 is 0 Å². The molecule has 0 aliphatic heterocycles. The van der Waals surface area contributed by atoms with Crippen molar-refractivity contribution in [1.29, 1.82) is 0 Å². The van der Waals surface area contributed by atoms with Crippen molar-refractivity contribution in [2.75, 3.05) is 13.7 Å². The van der Waals surface area contributed by atoms with E-state index in [1.54, 1.807) is 40.0 Å². The van der Waals surface area contributed by atoms with Crippen molar-refractivity contribution >= 4 is 16.0 Å². The number of hydrogen-bond donors (Lipinski definition) is 1. The summed E-state index contributed by atoms with van der Waals surface area (Å²) >= 11 is 0. The van der Waals surface area contributed by atoms with Crippen LogP contribution in [-0.4, -0.2) is 43.5 Å². The fraction of sp³-hybridized carbons (Fsp3) is 0.562. The lowest BCUT2D eigenvalue weighted by Crippen LogP contribution is -2.40. The van der Waals surface area contributed by atoms with Crippen molar-refractivity contribution in [3.8, 4) is 5.75 Å². The lowest BCUT2D eigenvalue weighted by atomic mass is 10.0. The number of aliphatic carboxylic acids is 1. The Morgan fingerprint density at radius 3 is 2.22 bits per heavy atom. The predicted molar refractivity (Wildman–Crippen MR) is 88.5 cm³/mol. The van der Waals surface area contributed by atoms with Gasteiger partial charge in [0.25, 0.3) is 0 Å². The molecule has 0 saturated heterocycles. The van der Waals surface area contributed by atoms with E-state index in [4.69, 9.17) is 9.84 Å². The van der Waals surface area contributed by atoms with Crippen LogP contribution in [0.1, 0.15) is 44.7 Å². The van der Waals surface area contributed by atoms with Gasteiger partial charge in [0, 0.05) is 6.04 Å². The van der Waals surface area contributed by atoms with Gasteiger partial charge in [-0.25, -0.2) is 8.42 Å². The first-order valence-electron chi connectivity index (χ1n) is 7.44. The zero-order valence-electron chi connectivity index (χ0n) is 14.5. The van der Waals surface area contributed by atoms with Crippen molar-refractivity contribution in [3.05, 3.63) is 23.3 Å². The van der Waals surface area contributed by atoms with E-state index in [1.807, 2.05) is 13.8 Å². The third kappa shape index (κ3) is 4.23. The number of hydrogen-bond acceptors (Lipinski definition) is 4. The van der Waals surface area contributed by atoms with Gasteiger partial charge in [0.05, 0.1) is 12.0 Å². The Kier molecular flexibility index (Phi) is 6.18. The van der Waals surface area contributed by atoms with Gasteiger partial charge in [0.15, 0.2) is 0 Å². The zero-order valence-corrected chi connectivity index (χ0v) is 15.3. The number of carbonyl (C=O) groups is 1. The molecule has 0 amide bonds. The summed E-state index contributed by atoms with van der Waals surface area (Å²) in [5.74, 6) is -0.477. The van der Waals surface area contributed by atoms with Crippen LogP contribution in [0, 0.1) is 6.92 Å². The molecule has 6 nitrogen and oxygen atoms in total. The number of aryl methyl sites for hydroxylation is 1. The molecule has 1 aromatic carbocycles. The largest absolute Gasteiger partial charge is 0.496 e. The number of methoxy groups -OCH3 is 1. The van der Waals surface area contributed by atoms with Gasteiger partial charge >= 0.3 is 5.97 Å². The van der Waals surface area contributed by atoms with Crippen molar-refractivity contribution < 1.29 is 23.1 Å². The summed E-state index contributed by atoms with van der Waals surface area (Å²) in [6.07, 6.45) is 0. The average molecular weight is 343 g/mol. The van der Waals surface area contributed by atoms with E-state index in [2.05, 4.69) is 0 Å². The Morgan fingerprint density at radius 1 is 1.26 bits per heavy atom. The predicted octanol–water partition coefficient (Wildman–Crippen LogP) is 2.61. The van der Waals surface area contributed by atoms with Crippen molar-refractivity contribution in [2.24, 2.45) is 0 Å². The molecule has 1 N–H and O–H groups in total. The number of ether oxygens (including phenoxy) is 1. The second kappa shape index (κ2) is 7.31. The molecular weight excluding hydrogens is 318 g/mol. The molecule has 0 heterocycles. The standard InChI is InChI=1S/C16H25NO5S/c1-10(2)13-8-15(12(5)7-14(13)22-6)23(20,21)17(11(3)4)9-16(18)19/h7-8,10-11H,9H2,1-6H3,(H,18,19). The minimum absolute atomic E-state index is 0.0754. The fourth-order valence-electron chi connectivity index (χ4n) is 2.39. The quantitative estimate of drug-likeness (QED) is 0.823. The Balaban J connectivity index is 3.53. The summed E-state index contributed by atoms with van der Waals surface area (Å²) in [7, 11) is -2.37. The van der Waals surface area contributed by atoms with Gasteiger partial charge in [-0.3, -0.25) is 4.79 Å². The third-order valence-corrected chi connectivity index (χ3v) is 5.77. The summed E-state index contributed by atoms with van der Waals surface area (Å²) in [6, 6.07) is 2.81. The molecule has 0 unspecified atom stereocenters. The van der Waals surface area contributed by atoms with Gasteiger partial charge in [-0.2, -0.15) is 4.31 Å². The van der Waals surface area contributed by atoms with Gasteiger partial charge in [0.2, 0.25) is 10.0 Å². The van der Waals surface area contributed by atoms with Crippen molar-refractivity contribution in [1.82, 2.24) is 4.31 Å². The van der Waals surface area contributed by atoms with Gasteiger partial charge in [-0.05, 0) is 49.9 Å². The Bertz CT molecular complexity index is 680. The van der Waals surface area contributed by atoms with Crippen LogP contribution < -0.4 is 4.74 Å². The molecular formula is C16H25NO5S. The highest BCUT2D eigenvalue weighted by molar-refractivity contribution is 7.89. The molecule has 1 aromatic rings. The maximum atomic E-state index is 12.9. The molecule has 1 rings (SSSR count). The van der Waals surface area contributed by atoms with Crippen LogP contribution in [0.15, 0.2) is 17.0 Å². The van der Waals surface area contributed by atoms with Gasteiger partial charge in [-0.1, -0.05) is 13.8 Å². The van der Waals surface area contributed by atoms with Crippen LogP contribution in [-0.2, 0) is 14.8 Å². The van der Waals surface area contributed by atoms with Crippen LogP contribution in [0.4, 0.5) is 0 Å². The molecule has 7 heteroatoms. The summed E-state index contributed by atoms with van der Waals surface area (Å²) in [5.41, 5.74) is 1.30. The Hall–Kier alpha value is -1.60. The summed E-state index contributed by atoms with van der Waals surface area (Å²) in [5, 5.41) is 9.01. The maximum absolute atomic E-state index is 12.9. The number of sulfonamides is 1. The smallest absolute Gasteiger partial charge is 0.318 e. The van der Waals surface area contributed by atoms with Crippen LogP contribution in [0.2, 0.25) is 0 Å². The lowest BCUT2D eigenvalue weighted by Gasteiger charge is -2.26. The first-order valence-corrected chi connectivity index (χ1v) is 8.88. The van der Waals surface area contributed by atoms with Gasteiger partial charge in [-0.15, -0.1) is 0 Å². The molecule has 0 aliphatic carbocycles. The maximum Gasteiger partial charge on any atom is 0.318 e. The molecule has 0 saturated carbocycles. The lowest BCUT2D eigenvalue weighted by molar-refractivity contribution is -0.137. The molecule has 0 fully saturated rings. The Morgan fingerprint density at radius 2 is 1.83 bits per heavy atom. The van der Waals surface area contributed by atoms with Gasteiger partial charge < -0.3 is 9.84 Å². The third-order valence-electron chi connectivity index (χ3n) is 3.60. The number of benzene rings is 1. The minimum atomic E-state index is -3.91. The normalized spacial score (nSPS) is 12.2. The highest BCUT2D eigenvalue weighted by Crippen LogP contribution is 2.33. The van der Waals surface area contributed by atoms with Crippen LogP contribution >= 0.6 is 0 Å². The number of carboxylic acid groups (broad SMARTS) is 1. The molecule has 23 heavy (non-hydrogen) atoms. The molecule has 0 bridgehead atoms. The SMILES string of the molecule is COc1cc(C)c(S(=O)(=O)N(CC(=O)O)C(C)C)cc1C(C)C. The summed E-state index contributed by atoms with van der Waals surface area (Å²) in [4.78, 5) is 11.1. The summed E-state index contributed by atoms with van der Waals surface area (Å²) < 4.78 is 32.2. The second-order valence-corrected chi connectivity index (χ2v) is 7.91. The van der Waals surface area contributed by atoms with E-state index in [0.717, 1.165) is 9.87 Å². The highest BCUT2D eigenvalue weighted by Gasteiger charge is 2.31. The minimum Gasteiger partial charge on any atom is -0.496 e. The Labute approximate surface area is 138 Å². The molecule has 0 atom stereocenters. The fourth-order valence-corrected chi connectivity index (χ4v) is 4.22. The zero-order chi connectivity index (χ0) is 17.9. The van der Waals surface area contributed by atoms with E-state index in [-0.39, 0.29) is 10.8 Å². The van der Waals surface area contributed by atoms with E-state index in [0.29, 0.717) is 11.3 Å². The van der Waals surface area contributed by atoms with Crippen LogP contribution in [0.3, 0.4) is 0 Å². The summed E-state index contributed by atoms with van der Waals surface area (Å²) in [6.45, 7) is 8.31. The molecule has 0 spiro atoms. The van der Waals surface area contributed by atoms with E-state index in [1.165, 1.54) is 0 Å².